The highest BCUT2D eigenvalue weighted by atomic mass is 16.5. The minimum Gasteiger partial charge on any atom is -0.496 e. The van der Waals surface area contributed by atoms with E-state index in [4.69, 9.17) is 9.47 Å². The van der Waals surface area contributed by atoms with Gasteiger partial charge in [0.1, 0.15) is 11.5 Å². The molecule has 1 heterocycles. The predicted octanol–water partition coefficient (Wildman–Crippen LogP) is 2.68. The van der Waals surface area contributed by atoms with E-state index in [-0.39, 0.29) is 0 Å². The Morgan fingerprint density at radius 1 is 1.10 bits per heavy atom. The van der Waals surface area contributed by atoms with E-state index in [0.29, 0.717) is 23.5 Å². The van der Waals surface area contributed by atoms with Gasteiger partial charge in [0.2, 0.25) is 0 Å². The number of hydrogen-bond acceptors (Lipinski definition) is 4. The molecule has 1 N–H and O–H groups in total. The van der Waals surface area contributed by atoms with Gasteiger partial charge < -0.3 is 14.6 Å². The molecule has 1 unspecified atom stereocenters. The number of benzene rings is 1. The maximum Gasteiger partial charge on any atom is 0.128 e. The molecular formula is C16H19NO3. The third kappa shape index (κ3) is 2.91. The summed E-state index contributed by atoms with van der Waals surface area (Å²) in [5.74, 6) is 1.23. The van der Waals surface area contributed by atoms with Gasteiger partial charge in [-0.2, -0.15) is 0 Å². The van der Waals surface area contributed by atoms with E-state index in [1.165, 1.54) is 0 Å². The first kappa shape index (κ1) is 14.3. The average Bonchev–Trinajstić information content (AvgIpc) is 2.48. The van der Waals surface area contributed by atoms with E-state index in [0.717, 1.165) is 11.3 Å². The second-order valence-electron chi connectivity index (χ2n) is 4.56. The molecule has 1 aromatic heterocycles. The number of aromatic nitrogens is 1. The highest BCUT2D eigenvalue weighted by Gasteiger charge is 2.20. The Kier molecular flexibility index (Phi) is 4.58. The van der Waals surface area contributed by atoms with E-state index in [1.807, 2.05) is 37.3 Å². The second-order valence-corrected chi connectivity index (χ2v) is 4.56. The van der Waals surface area contributed by atoms with Crippen molar-refractivity contribution in [2.75, 3.05) is 14.2 Å². The van der Waals surface area contributed by atoms with Gasteiger partial charge in [-0.05, 0) is 30.7 Å². The Balaban J connectivity index is 2.34. The standard InChI is InChI=1S/C16H19NO3/c1-11-6-5-9-17-12(11)10-13(18)16-14(19-2)7-4-8-15(16)20-3/h4-9,13,18H,10H2,1-3H3. The van der Waals surface area contributed by atoms with E-state index in [1.54, 1.807) is 20.4 Å². The first-order chi connectivity index (χ1) is 9.67. The van der Waals surface area contributed by atoms with Crippen LogP contribution in [0.5, 0.6) is 11.5 Å². The molecule has 106 valence electrons. The normalized spacial score (nSPS) is 12.0. The van der Waals surface area contributed by atoms with Gasteiger partial charge in [0.15, 0.2) is 0 Å². The van der Waals surface area contributed by atoms with Crippen LogP contribution < -0.4 is 9.47 Å². The lowest BCUT2D eigenvalue weighted by atomic mass is 10.0. The van der Waals surface area contributed by atoms with Crippen LogP contribution in [0.25, 0.3) is 0 Å². The van der Waals surface area contributed by atoms with Gasteiger partial charge in [0.25, 0.3) is 0 Å². The van der Waals surface area contributed by atoms with E-state index in [9.17, 15) is 5.11 Å². The van der Waals surface area contributed by atoms with Crippen molar-refractivity contribution in [2.45, 2.75) is 19.4 Å². The molecule has 0 radical (unpaired) electrons. The number of rotatable bonds is 5. The van der Waals surface area contributed by atoms with Gasteiger partial charge in [-0.1, -0.05) is 12.1 Å². The van der Waals surface area contributed by atoms with Gasteiger partial charge in [-0.3, -0.25) is 4.98 Å². The van der Waals surface area contributed by atoms with Crippen LogP contribution in [0.2, 0.25) is 0 Å². The lowest BCUT2D eigenvalue weighted by molar-refractivity contribution is 0.168. The van der Waals surface area contributed by atoms with Crippen molar-refractivity contribution in [3.05, 3.63) is 53.3 Å². The van der Waals surface area contributed by atoms with Crippen LogP contribution in [0.1, 0.15) is 22.9 Å². The van der Waals surface area contributed by atoms with Crippen molar-refractivity contribution in [1.82, 2.24) is 4.98 Å². The molecule has 0 aliphatic carbocycles. The first-order valence-corrected chi connectivity index (χ1v) is 6.46. The molecule has 2 aromatic rings. The minimum atomic E-state index is -0.727. The van der Waals surface area contributed by atoms with Gasteiger partial charge >= 0.3 is 0 Å². The number of pyridine rings is 1. The van der Waals surface area contributed by atoms with Crippen LogP contribution in [0.4, 0.5) is 0 Å². The molecule has 0 bridgehead atoms. The Labute approximate surface area is 119 Å². The van der Waals surface area contributed by atoms with Crippen molar-refractivity contribution in [3.63, 3.8) is 0 Å². The van der Waals surface area contributed by atoms with Crippen LogP contribution >= 0.6 is 0 Å². The van der Waals surface area contributed by atoms with Gasteiger partial charge in [-0.25, -0.2) is 0 Å². The Morgan fingerprint density at radius 2 is 1.75 bits per heavy atom. The van der Waals surface area contributed by atoms with E-state index < -0.39 is 6.10 Å². The van der Waals surface area contributed by atoms with Crippen LogP contribution in [0.3, 0.4) is 0 Å². The number of nitrogens with zero attached hydrogens (tertiary/aromatic N) is 1. The predicted molar refractivity (Wildman–Crippen MR) is 77.2 cm³/mol. The quantitative estimate of drug-likeness (QED) is 0.910. The van der Waals surface area contributed by atoms with Crippen LogP contribution in [-0.2, 0) is 6.42 Å². The van der Waals surface area contributed by atoms with Crippen molar-refractivity contribution < 1.29 is 14.6 Å². The summed E-state index contributed by atoms with van der Waals surface area (Å²) in [4.78, 5) is 4.31. The van der Waals surface area contributed by atoms with Crippen LogP contribution in [-0.4, -0.2) is 24.3 Å². The van der Waals surface area contributed by atoms with Crippen molar-refractivity contribution >= 4 is 0 Å². The van der Waals surface area contributed by atoms with Crippen molar-refractivity contribution in [1.29, 1.82) is 0 Å². The zero-order chi connectivity index (χ0) is 14.5. The van der Waals surface area contributed by atoms with Gasteiger partial charge in [0.05, 0.1) is 25.9 Å². The number of methoxy groups -OCH3 is 2. The van der Waals surface area contributed by atoms with Crippen molar-refractivity contribution in [3.8, 4) is 11.5 Å². The molecule has 4 heteroatoms. The van der Waals surface area contributed by atoms with Crippen molar-refractivity contribution in [2.24, 2.45) is 0 Å². The van der Waals surface area contributed by atoms with Crippen LogP contribution in [0.15, 0.2) is 36.5 Å². The molecule has 0 saturated heterocycles. The smallest absolute Gasteiger partial charge is 0.128 e. The van der Waals surface area contributed by atoms with E-state index in [2.05, 4.69) is 4.98 Å². The number of aliphatic hydroxyl groups is 1. The first-order valence-electron chi connectivity index (χ1n) is 6.46. The summed E-state index contributed by atoms with van der Waals surface area (Å²) in [6.45, 7) is 1.98. The largest absolute Gasteiger partial charge is 0.496 e. The summed E-state index contributed by atoms with van der Waals surface area (Å²) in [5.41, 5.74) is 2.58. The molecule has 0 aliphatic rings. The summed E-state index contributed by atoms with van der Waals surface area (Å²) >= 11 is 0. The average molecular weight is 273 g/mol. The molecule has 4 nitrogen and oxygen atoms in total. The fraction of sp³-hybridized carbons (Fsp3) is 0.312. The second kappa shape index (κ2) is 6.39. The summed E-state index contributed by atoms with van der Waals surface area (Å²) < 4.78 is 10.6. The third-order valence-electron chi connectivity index (χ3n) is 3.30. The third-order valence-corrected chi connectivity index (χ3v) is 3.30. The van der Waals surface area contributed by atoms with Gasteiger partial charge in [0, 0.05) is 18.3 Å². The number of aryl methyl sites for hydroxylation is 1. The monoisotopic (exact) mass is 273 g/mol. The lowest BCUT2D eigenvalue weighted by Crippen LogP contribution is -2.08. The molecule has 0 spiro atoms. The molecule has 1 aromatic carbocycles. The number of aliphatic hydroxyl groups excluding tert-OH is 1. The lowest BCUT2D eigenvalue weighted by Gasteiger charge is -2.18. The van der Waals surface area contributed by atoms with Crippen LogP contribution in [0, 0.1) is 6.92 Å². The molecule has 0 saturated carbocycles. The Bertz CT molecular complexity index is 561. The summed E-state index contributed by atoms with van der Waals surface area (Å²) in [7, 11) is 3.16. The molecule has 1 atom stereocenters. The minimum absolute atomic E-state index is 0.420. The zero-order valence-corrected chi connectivity index (χ0v) is 12.0. The molecular weight excluding hydrogens is 254 g/mol. The molecule has 20 heavy (non-hydrogen) atoms. The number of ether oxygens (including phenoxy) is 2. The van der Waals surface area contributed by atoms with E-state index >= 15 is 0 Å². The molecule has 0 fully saturated rings. The molecule has 0 aliphatic heterocycles. The zero-order valence-electron chi connectivity index (χ0n) is 12.0. The molecule has 2 rings (SSSR count). The Hall–Kier alpha value is -2.07. The Morgan fingerprint density at radius 3 is 2.30 bits per heavy atom. The fourth-order valence-electron chi connectivity index (χ4n) is 2.23. The molecule has 0 amide bonds. The maximum absolute atomic E-state index is 10.5. The van der Waals surface area contributed by atoms with Gasteiger partial charge in [-0.15, -0.1) is 0 Å². The topological polar surface area (TPSA) is 51.6 Å². The summed E-state index contributed by atoms with van der Waals surface area (Å²) in [6.07, 6.45) is 1.42. The highest BCUT2D eigenvalue weighted by molar-refractivity contribution is 5.46. The SMILES string of the molecule is COc1cccc(OC)c1C(O)Cc1ncccc1C. The highest BCUT2D eigenvalue weighted by Crippen LogP contribution is 2.35. The number of hydrogen-bond donors (Lipinski definition) is 1. The summed E-state index contributed by atoms with van der Waals surface area (Å²) in [6, 6.07) is 9.32. The summed E-state index contributed by atoms with van der Waals surface area (Å²) in [5, 5.41) is 10.5. The fourth-order valence-corrected chi connectivity index (χ4v) is 2.23. The maximum atomic E-state index is 10.5.